The molecule has 1 atom stereocenters. The fraction of sp³-hybridized carbons (Fsp3) is 0.667. The van der Waals surface area contributed by atoms with E-state index in [2.05, 4.69) is 33.4 Å². The van der Waals surface area contributed by atoms with E-state index < -0.39 is 0 Å². The molecule has 1 aliphatic rings. The van der Waals surface area contributed by atoms with Gasteiger partial charge in [-0.15, -0.1) is 11.3 Å². The van der Waals surface area contributed by atoms with Crippen LogP contribution in [-0.2, 0) is 0 Å². The van der Waals surface area contributed by atoms with Crippen LogP contribution in [0.25, 0.3) is 0 Å². The van der Waals surface area contributed by atoms with Crippen molar-refractivity contribution >= 4 is 27.3 Å². The summed E-state index contributed by atoms with van der Waals surface area (Å²) in [5.74, 6) is 0.968. The zero-order valence-electron chi connectivity index (χ0n) is 8.42. The van der Waals surface area contributed by atoms with Crippen molar-refractivity contribution in [3.8, 4) is 0 Å². The quantitative estimate of drug-likeness (QED) is 0.668. The Labute approximate surface area is 98.9 Å². The van der Waals surface area contributed by atoms with E-state index in [9.17, 15) is 0 Å². The zero-order valence-corrected chi connectivity index (χ0v) is 10.8. The van der Waals surface area contributed by atoms with E-state index in [1.807, 2.05) is 11.3 Å². The second-order valence-corrected chi connectivity index (χ2v) is 6.31. The molecule has 14 heavy (non-hydrogen) atoms. The van der Waals surface area contributed by atoms with Crippen LogP contribution < -0.4 is 0 Å². The average Bonchev–Trinajstić information content (AvgIpc) is 2.72. The normalized spacial score (nSPS) is 20.9. The van der Waals surface area contributed by atoms with E-state index in [0.717, 1.165) is 5.92 Å². The smallest absolute Gasteiger partial charge is 0.0491 e. The molecule has 1 aromatic heterocycles. The van der Waals surface area contributed by atoms with Gasteiger partial charge in [-0.05, 0) is 23.8 Å². The van der Waals surface area contributed by atoms with Crippen LogP contribution in [0.2, 0.25) is 0 Å². The Kier molecular flexibility index (Phi) is 4.06. The highest BCUT2D eigenvalue weighted by atomic mass is 79.9. The number of hydrogen-bond acceptors (Lipinski definition) is 1. The summed E-state index contributed by atoms with van der Waals surface area (Å²) in [5.41, 5.74) is 0. The first-order valence-corrected chi connectivity index (χ1v) is 7.33. The first kappa shape index (κ1) is 10.7. The van der Waals surface area contributed by atoms with Gasteiger partial charge in [-0.25, -0.2) is 0 Å². The molecule has 1 saturated carbocycles. The minimum Gasteiger partial charge on any atom is -0.148 e. The van der Waals surface area contributed by atoms with Gasteiger partial charge in [0.05, 0.1) is 0 Å². The summed E-state index contributed by atoms with van der Waals surface area (Å²) < 4.78 is 0. The van der Waals surface area contributed by atoms with Gasteiger partial charge in [-0.1, -0.05) is 54.1 Å². The summed E-state index contributed by atoms with van der Waals surface area (Å²) in [6.07, 6.45) is 8.60. The molecule has 0 nitrogen and oxygen atoms in total. The van der Waals surface area contributed by atoms with Gasteiger partial charge in [0, 0.05) is 9.70 Å². The van der Waals surface area contributed by atoms with Crippen LogP contribution >= 0.6 is 27.3 Å². The number of alkyl halides is 1. The highest BCUT2D eigenvalue weighted by Crippen LogP contribution is 2.37. The molecule has 0 amide bonds. The molecule has 2 rings (SSSR count). The van der Waals surface area contributed by atoms with E-state index in [1.54, 1.807) is 0 Å². The Morgan fingerprint density at radius 2 is 2.14 bits per heavy atom. The molecular weight excluding hydrogens is 256 g/mol. The largest absolute Gasteiger partial charge is 0.148 e. The summed E-state index contributed by atoms with van der Waals surface area (Å²) in [6.45, 7) is 0. The maximum Gasteiger partial charge on any atom is 0.0491 e. The molecule has 1 aromatic rings. The van der Waals surface area contributed by atoms with E-state index in [-0.39, 0.29) is 0 Å². The monoisotopic (exact) mass is 272 g/mol. The number of rotatable bonds is 3. The molecule has 0 spiro atoms. The molecule has 1 aliphatic carbocycles. The molecule has 1 heterocycles. The van der Waals surface area contributed by atoms with Crippen LogP contribution in [0.1, 0.15) is 48.2 Å². The van der Waals surface area contributed by atoms with Gasteiger partial charge in [0.15, 0.2) is 0 Å². The molecular formula is C12H17BrS. The van der Waals surface area contributed by atoms with Crippen molar-refractivity contribution in [2.24, 2.45) is 5.92 Å². The van der Waals surface area contributed by atoms with Crippen LogP contribution in [0.15, 0.2) is 17.5 Å². The average molecular weight is 273 g/mol. The second-order valence-electron chi connectivity index (χ2n) is 4.22. The maximum atomic E-state index is 3.81. The fourth-order valence-electron chi connectivity index (χ4n) is 2.30. The first-order chi connectivity index (χ1) is 6.86. The lowest BCUT2D eigenvalue weighted by molar-refractivity contribution is 0.339. The van der Waals surface area contributed by atoms with Gasteiger partial charge in [0.1, 0.15) is 0 Å². The van der Waals surface area contributed by atoms with Crippen molar-refractivity contribution < 1.29 is 0 Å². The van der Waals surface area contributed by atoms with Gasteiger partial charge < -0.3 is 0 Å². The van der Waals surface area contributed by atoms with Crippen molar-refractivity contribution in [3.05, 3.63) is 22.4 Å². The Morgan fingerprint density at radius 3 is 2.79 bits per heavy atom. The van der Waals surface area contributed by atoms with E-state index >= 15 is 0 Å². The maximum absolute atomic E-state index is 3.81. The topological polar surface area (TPSA) is 0 Å². The lowest BCUT2D eigenvalue weighted by Crippen LogP contribution is -2.08. The van der Waals surface area contributed by atoms with Crippen molar-refractivity contribution in [1.29, 1.82) is 0 Å². The summed E-state index contributed by atoms with van der Waals surface area (Å²) in [5, 5.41) is 2.17. The Morgan fingerprint density at radius 1 is 1.36 bits per heavy atom. The lowest BCUT2D eigenvalue weighted by atomic mass is 9.86. The number of thiophene rings is 1. The van der Waals surface area contributed by atoms with Crippen LogP contribution in [-0.4, -0.2) is 0 Å². The van der Waals surface area contributed by atoms with E-state index in [4.69, 9.17) is 0 Å². The fourth-order valence-corrected chi connectivity index (χ4v) is 4.02. The molecule has 1 fully saturated rings. The van der Waals surface area contributed by atoms with Crippen LogP contribution in [0.3, 0.4) is 0 Å². The van der Waals surface area contributed by atoms with Crippen LogP contribution in [0, 0.1) is 5.92 Å². The Balaban J connectivity index is 1.84. The van der Waals surface area contributed by atoms with Crippen molar-refractivity contribution in [3.63, 3.8) is 0 Å². The van der Waals surface area contributed by atoms with Gasteiger partial charge in [0.2, 0.25) is 0 Å². The second kappa shape index (κ2) is 5.32. The molecule has 0 radical (unpaired) electrons. The van der Waals surface area contributed by atoms with E-state index in [1.165, 1.54) is 43.4 Å². The van der Waals surface area contributed by atoms with Gasteiger partial charge in [0.25, 0.3) is 0 Å². The molecule has 78 valence electrons. The predicted molar refractivity (Wildman–Crippen MR) is 67.2 cm³/mol. The minimum absolute atomic E-state index is 0.602. The summed E-state index contributed by atoms with van der Waals surface area (Å²) >= 11 is 5.68. The molecule has 1 unspecified atom stereocenters. The minimum atomic E-state index is 0.602. The SMILES string of the molecule is BrC(CC1CCCCC1)c1cccs1. The zero-order chi connectivity index (χ0) is 9.80. The highest BCUT2D eigenvalue weighted by molar-refractivity contribution is 9.09. The van der Waals surface area contributed by atoms with Gasteiger partial charge in [-0.3, -0.25) is 0 Å². The number of halogens is 1. The molecule has 0 aromatic carbocycles. The van der Waals surface area contributed by atoms with Crippen molar-refractivity contribution in [2.75, 3.05) is 0 Å². The third-order valence-corrected chi connectivity index (χ3v) is 5.27. The summed E-state index contributed by atoms with van der Waals surface area (Å²) in [7, 11) is 0. The first-order valence-electron chi connectivity index (χ1n) is 5.54. The number of hydrogen-bond donors (Lipinski definition) is 0. The third-order valence-electron chi connectivity index (χ3n) is 3.12. The molecule has 0 N–H and O–H groups in total. The van der Waals surface area contributed by atoms with Crippen molar-refractivity contribution in [1.82, 2.24) is 0 Å². The predicted octanol–water partition coefficient (Wildman–Crippen LogP) is 5.15. The molecule has 2 heteroatoms. The summed E-state index contributed by atoms with van der Waals surface area (Å²) in [6, 6.07) is 4.39. The standard InChI is InChI=1S/C12H17BrS/c13-11(12-7-4-8-14-12)9-10-5-2-1-3-6-10/h4,7-8,10-11H,1-3,5-6,9H2. The molecule has 0 bridgehead atoms. The van der Waals surface area contributed by atoms with Crippen LogP contribution in [0.4, 0.5) is 0 Å². The van der Waals surface area contributed by atoms with Gasteiger partial charge >= 0.3 is 0 Å². The lowest BCUT2D eigenvalue weighted by Gasteiger charge is -2.23. The van der Waals surface area contributed by atoms with Gasteiger partial charge in [-0.2, -0.15) is 0 Å². The Hall–Kier alpha value is 0.180. The van der Waals surface area contributed by atoms with Crippen molar-refractivity contribution in [2.45, 2.75) is 43.4 Å². The van der Waals surface area contributed by atoms with Crippen LogP contribution in [0.5, 0.6) is 0 Å². The highest BCUT2D eigenvalue weighted by Gasteiger charge is 2.18. The summed E-state index contributed by atoms with van der Waals surface area (Å²) in [4.78, 5) is 2.10. The molecule has 0 aliphatic heterocycles. The van der Waals surface area contributed by atoms with E-state index in [0.29, 0.717) is 4.83 Å². The Bertz CT molecular complexity index is 249. The molecule has 0 saturated heterocycles. The third kappa shape index (κ3) is 2.83.